The fraction of sp³-hybridized carbons (Fsp3) is 0.231. The van der Waals surface area contributed by atoms with Crippen molar-refractivity contribution in [2.75, 3.05) is 26.8 Å². The molecule has 2 aromatic rings. The number of benzene rings is 1. The topological polar surface area (TPSA) is 101 Å². The van der Waals surface area contributed by atoms with Crippen LogP contribution in [0.25, 0.3) is 0 Å². The zero-order chi connectivity index (χ0) is 15.2. The third kappa shape index (κ3) is 3.23. The first-order chi connectivity index (χ1) is 10.2. The lowest BCUT2D eigenvalue weighted by Crippen LogP contribution is -2.10. The van der Waals surface area contributed by atoms with E-state index in [1.54, 1.807) is 18.2 Å². The van der Waals surface area contributed by atoms with Crippen LogP contribution in [0.5, 0.6) is 28.9 Å². The number of anilines is 1. The summed E-state index contributed by atoms with van der Waals surface area (Å²) in [6.45, 7) is 0. The molecule has 0 fully saturated rings. The molecular weight excluding hydrogens is 276 g/mol. The van der Waals surface area contributed by atoms with Crippen LogP contribution in [0, 0.1) is 0 Å². The average Bonchev–Trinajstić information content (AvgIpc) is 2.53. The van der Waals surface area contributed by atoms with E-state index >= 15 is 0 Å². The molecular formula is C13H16N4O4. The Balaban J connectivity index is 2.35. The van der Waals surface area contributed by atoms with Crippen LogP contribution in [0.4, 0.5) is 5.95 Å². The second kappa shape index (κ2) is 6.62. The van der Waals surface area contributed by atoms with Gasteiger partial charge in [0, 0.05) is 24.4 Å². The number of hydrazine groups is 1. The Morgan fingerprint density at radius 1 is 1.05 bits per heavy atom. The number of nitrogen functional groups attached to an aromatic ring is 1. The van der Waals surface area contributed by atoms with Gasteiger partial charge in [-0.2, -0.15) is 4.98 Å². The number of aromatic nitrogens is 2. The third-order valence-electron chi connectivity index (χ3n) is 2.62. The first kappa shape index (κ1) is 14.7. The van der Waals surface area contributed by atoms with Gasteiger partial charge in [0.05, 0.1) is 21.3 Å². The Hall–Kier alpha value is -2.74. The highest BCUT2D eigenvalue weighted by atomic mass is 16.5. The van der Waals surface area contributed by atoms with E-state index in [1.807, 2.05) is 0 Å². The number of rotatable bonds is 6. The van der Waals surface area contributed by atoms with Crippen molar-refractivity contribution >= 4 is 5.95 Å². The molecule has 0 unspecified atom stereocenters. The van der Waals surface area contributed by atoms with Crippen molar-refractivity contribution in [3.8, 4) is 28.9 Å². The average molecular weight is 292 g/mol. The van der Waals surface area contributed by atoms with E-state index in [0.717, 1.165) is 0 Å². The Labute approximate surface area is 121 Å². The molecule has 0 bridgehead atoms. The van der Waals surface area contributed by atoms with Crippen molar-refractivity contribution < 1.29 is 18.9 Å². The molecule has 2 rings (SSSR count). The molecule has 3 N–H and O–H groups in total. The predicted molar refractivity (Wildman–Crippen MR) is 76.0 cm³/mol. The quantitative estimate of drug-likeness (QED) is 0.611. The molecule has 0 atom stereocenters. The maximum absolute atomic E-state index is 5.64. The van der Waals surface area contributed by atoms with Crippen LogP contribution in [-0.2, 0) is 0 Å². The summed E-state index contributed by atoms with van der Waals surface area (Å²) in [6, 6.07) is 4.93. The van der Waals surface area contributed by atoms with Crippen molar-refractivity contribution in [1.29, 1.82) is 0 Å². The van der Waals surface area contributed by atoms with Crippen LogP contribution in [0.2, 0.25) is 0 Å². The molecule has 0 amide bonds. The van der Waals surface area contributed by atoms with E-state index in [-0.39, 0.29) is 5.95 Å². The zero-order valence-corrected chi connectivity index (χ0v) is 11.9. The third-order valence-corrected chi connectivity index (χ3v) is 2.62. The lowest BCUT2D eigenvalue weighted by Gasteiger charge is -2.14. The molecule has 1 aromatic carbocycles. The summed E-state index contributed by atoms with van der Waals surface area (Å²) < 4.78 is 21.4. The zero-order valence-electron chi connectivity index (χ0n) is 11.9. The summed E-state index contributed by atoms with van der Waals surface area (Å²) in [4.78, 5) is 7.96. The molecule has 21 heavy (non-hydrogen) atoms. The number of ether oxygens (including phenoxy) is 4. The van der Waals surface area contributed by atoms with Gasteiger partial charge in [0.2, 0.25) is 17.6 Å². The molecule has 8 nitrogen and oxygen atoms in total. The van der Waals surface area contributed by atoms with Crippen molar-refractivity contribution in [3.63, 3.8) is 0 Å². The van der Waals surface area contributed by atoms with Gasteiger partial charge in [-0.05, 0) is 0 Å². The first-order valence-electron chi connectivity index (χ1n) is 5.99. The lowest BCUT2D eigenvalue weighted by atomic mass is 10.2. The highest BCUT2D eigenvalue weighted by Crippen LogP contribution is 2.41. The van der Waals surface area contributed by atoms with Crippen LogP contribution in [0.1, 0.15) is 0 Å². The first-order valence-corrected chi connectivity index (χ1v) is 5.99. The van der Waals surface area contributed by atoms with E-state index in [4.69, 9.17) is 24.8 Å². The predicted octanol–water partition coefficient (Wildman–Crippen LogP) is 1.58. The van der Waals surface area contributed by atoms with Crippen molar-refractivity contribution in [2.45, 2.75) is 0 Å². The van der Waals surface area contributed by atoms with Crippen molar-refractivity contribution in [3.05, 3.63) is 24.4 Å². The van der Waals surface area contributed by atoms with E-state index in [9.17, 15) is 0 Å². The summed E-state index contributed by atoms with van der Waals surface area (Å²) in [5.74, 6) is 7.76. The molecule has 1 aromatic heterocycles. The molecule has 0 saturated heterocycles. The summed E-state index contributed by atoms with van der Waals surface area (Å²) in [7, 11) is 4.59. The van der Waals surface area contributed by atoms with Crippen molar-refractivity contribution in [2.24, 2.45) is 5.84 Å². The highest BCUT2D eigenvalue weighted by Gasteiger charge is 2.14. The Morgan fingerprint density at radius 3 is 2.24 bits per heavy atom. The number of methoxy groups -OCH3 is 3. The fourth-order valence-electron chi connectivity index (χ4n) is 1.71. The van der Waals surface area contributed by atoms with Crippen LogP contribution >= 0.6 is 0 Å². The largest absolute Gasteiger partial charge is 0.493 e. The molecule has 0 saturated carbocycles. The van der Waals surface area contributed by atoms with Gasteiger partial charge in [0.1, 0.15) is 5.75 Å². The highest BCUT2D eigenvalue weighted by molar-refractivity contribution is 5.56. The normalized spacial score (nSPS) is 9.90. The number of nitrogens with zero attached hydrogens (tertiary/aromatic N) is 2. The van der Waals surface area contributed by atoms with E-state index in [2.05, 4.69) is 15.4 Å². The van der Waals surface area contributed by atoms with Gasteiger partial charge >= 0.3 is 0 Å². The van der Waals surface area contributed by atoms with Gasteiger partial charge in [-0.1, -0.05) is 0 Å². The van der Waals surface area contributed by atoms with Gasteiger partial charge in [0.15, 0.2) is 11.5 Å². The summed E-state index contributed by atoms with van der Waals surface area (Å²) in [5, 5.41) is 0. The Morgan fingerprint density at radius 2 is 1.71 bits per heavy atom. The Bertz CT molecular complexity index is 596. The van der Waals surface area contributed by atoms with Gasteiger partial charge in [-0.25, -0.2) is 10.8 Å². The fourth-order valence-corrected chi connectivity index (χ4v) is 1.71. The number of nitrogens with one attached hydrogen (secondary N) is 1. The molecule has 0 spiro atoms. The standard InChI is InChI=1S/C13H16N4O4/c1-18-9-6-8(7-10(19-2)12(9)20-3)21-11-4-5-15-13(16-11)17-14/h4-7H,14H2,1-3H3,(H,15,16,17). The van der Waals surface area contributed by atoms with E-state index < -0.39 is 0 Å². The van der Waals surface area contributed by atoms with E-state index in [0.29, 0.717) is 28.9 Å². The number of hydrogen-bond donors (Lipinski definition) is 2. The van der Waals surface area contributed by atoms with Crippen LogP contribution < -0.4 is 30.2 Å². The molecule has 8 heteroatoms. The van der Waals surface area contributed by atoms with Crippen LogP contribution in [0.15, 0.2) is 24.4 Å². The number of hydrogen-bond acceptors (Lipinski definition) is 8. The van der Waals surface area contributed by atoms with Crippen LogP contribution in [-0.4, -0.2) is 31.3 Å². The van der Waals surface area contributed by atoms with E-state index in [1.165, 1.54) is 27.5 Å². The van der Waals surface area contributed by atoms with Crippen LogP contribution in [0.3, 0.4) is 0 Å². The lowest BCUT2D eigenvalue weighted by molar-refractivity contribution is 0.320. The minimum atomic E-state index is 0.250. The molecule has 0 aliphatic rings. The molecule has 1 heterocycles. The van der Waals surface area contributed by atoms with Gasteiger partial charge in [0.25, 0.3) is 0 Å². The maximum atomic E-state index is 5.64. The SMILES string of the molecule is COc1cc(Oc2ccnc(NN)n2)cc(OC)c1OC. The molecule has 112 valence electrons. The number of nitrogens with two attached hydrogens (primary N) is 1. The maximum Gasteiger partial charge on any atom is 0.240 e. The Kier molecular flexibility index (Phi) is 4.62. The molecule has 0 radical (unpaired) electrons. The van der Waals surface area contributed by atoms with Gasteiger partial charge in [-0.3, -0.25) is 5.43 Å². The minimum Gasteiger partial charge on any atom is -0.493 e. The minimum absolute atomic E-state index is 0.250. The summed E-state index contributed by atoms with van der Waals surface area (Å²) >= 11 is 0. The van der Waals surface area contributed by atoms with Gasteiger partial charge in [-0.15, -0.1) is 0 Å². The summed E-state index contributed by atoms with van der Waals surface area (Å²) in [5.41, 5.74) is 2.34. The summed E-state index contributed by atoms with van der Waals surface area (Å²) in [6.07, 6.45) is 1.52. The van der Waals surface area contributed by atoms with Crippen molar-refractivity contribution in [1.82, 2.24) is 9.97 Å². The molecule has 0 aliphatic heterocycles. The van der Waals surface area contributed by atoms with Gasteiger partial charge < -0.3 is 18.9 Å². The smallest absolute Gasteiger partial charge is 0.240 e. The molecule has 0 aliphatic carbocycles. The second-order valence-electron chi connectivity index (χ2n) is 3.83. The second-order valence-corrected chi connectivity index (χ2v) is 3.83. The monoisotopic (exact) mass is 292 g/mol.